The minimum absolute atomic E-state index is 0.0875. The number of fused-ring (bicyclic) bond motifs is 1. The number of aliphatic carboxylic acids is 1. The van der Waals surface area contributed by atoms with Gasteiger partial charge in [0.2, 0.25) is 11.8 Å². The van der Waals surface area contributed by atoms with Gasteiger partial charge in [-0.05, 0) is 43.7 Å². The van der Waals surface area contributed by atoms with Crippen LogP contribution in [0.3, 0.4) is 0 Å². The van der Waals surface area contributed by atoms with Crippen molar-refractivity contribution in [2.75, 3.05) is 18.8 Å². The molecule has 2 atom stereocenters. The summed E-state index contributed by atoms with van der Waals surface area (Å²) in [5.74, 6) is -0.414. The monoisotopic (exact) mass is 457 g/mol. The molecule has 0 aromatic carbocycles. The number of carbonyl (C=O) groups is 3. The Morgan fingerprint density at radius 3 is 2.73 bits per heavy atom. The molecule has 33 heavy (non-hydrogen) atoms. The van der Waals surface area contributed by atoms with Gasteiger partial charge in [0, 0.05) is 12.7 Å². The molecule has 1 saturated heterocycles. The molecule has 178 valence electrons. The van der Waals surface area contributed by atoms with Crippen LogP contribution in [0, 0.1) is 5.92 Å². The van der Waals surface area contributed by atoms with E-state index in [0.717, 1.165) is 38.5 Å². The highest BCUT2D eigenvalue weighted by Crippen LogP contribution is 2.29. The van der Waals surface area contributed by atoms with Gasteiger partial charge in [-0.3, -0.25) is 19.7 Å². The number of pyridine rings is 1. The van der Waals surface area contributed by atoms with E-state index in [1.165, 1.54) is 0 Å². The average molecular weight is 458 g/mol. The lowest BCUT2D eigenvalue weighted by Gasteiger charge is -2.34. The molecule has 2 aromatic heterocycles. The number of carbonyl (C=O) groups excluding carboxylic acids is 2. The van der Waals surface area contributed by atoms with Crippen LogP contribution in [-0.2, 0) is 20.9 Å². The normalized spacial score (nSPS) is 20.1. The fourth-order valence-corrected chi connectivity index (χ4v) is 5.02. The third-order valence-electron chi connectivity index (χ3n) is 6.66. The van der Waals surface area contributed by atoms with Crippen LogP contribution < -0.4 is 16.4 Å². The molecule has 0 bridgehead atoms. The van der Waals surface area contributed by atoms with Crippen molar-refractivity contribution in [3.05, 3.63) is 24.1 Å². The van der Waals surface area contributed by atoms with Crippen LogP contribution in [0.5, 0.6) is 0 Å². The number of carboxylic acid groups (broad SMARTS) is 1. The van der Waals surface area contributed by atoms with E-state index < -0.39 is 18.1 Å². The van der Waals surface area contributed by atoms with Crippen LogP contribution in [0.1, 0.15) is 50.7 Å². The second-order valence-electron chi connectivity index (χ2n) is 8.88. The Balaban J connectivity index is 1.42. The Kier molecular flexibility index (Phi) is 7.12. The molecule has 4 rings (SSSR count). The van der Waals surface area contributed by atoms with Crippen LogP contribution in [0.15, 0.2) is 22.7 Å². The summed E-state index contributed by atoms with van der Waals surface area (Å²) in [7, 11) is 0. The maximum absolute atomic E-state index is 13.5. The number of aromatic nitrogens is 1. The van der Waals surface area contributed by atoms with Gasteiger partial charge in [0.25, 0.3) is 0 Å². The Hall–Kier alpha value is -3.14. The molecular formula is C23H31N5O5. The average Bonchev–Trinajstić information content (AvgIpc) is 3.46. The Bertz CT molecular complexity index is 1020. The summed E-state index contributed by atoms with van der Waals surface area (Å²) in [6.45, 7) is 0.387. The largest absolute Gasteiger partial charge is 0.480 e. The SMILES string of the molecule is Nc1nccc2oc(CNC(=O)C3CCCN3C(=O)C(NCC(=O)O)C3CCCCC3)cc12. The summed E-state index contributed by atoms with van der Waals surface area (Å²) in [6.07, 6.45) is 7.84. The Morgan fingerprint density at radius 2 is 2.00 bits per heavy atom. The third-order valence-corrected chi connectivity index (χ3v) is 6.66. The lowest BCUT2D eigenvalue weighted by molar-refractivity contribution is -0.142. The van der Waals surface area contributed by atoms with Gasteiger partial charge >= 0.3 is 5.97 Å². The van der Waals surface area contributed by atoms with E-state index in [4.69, 9.17) is 15.3 Å². The van der Waals surface area contributed by atoms with E-state index in [9.17, 15) is 14.4 Å². The first-order valence-corrected chi connectivity index (χ1v) is 11.6. The molecule has 2 aromatic rings. The van der Waals surface area contributed by atoms with Gasteiger partial charge in [0.15, 0.2) is 0 Å². The summed E-state index contributed by atoms with van der Waals surface area (Å²) in [4.78, 5) is 43.2. The molecule has 10 heteroatoms. The zero-order chi connectivity index (χ0) is 23.4. The van der Waals surface area contributed by atoms with Gasteiger partial charge in [0.1, 0.15) is 23.2 Å². The molecule has 5 N–H and O–H groups in total. The minimum atomic E-state index is -0.999. The molecule has 1 aliphatic heterocycles. The first-order chi connectivity index (χ1) is 15.9. The van der Waals surface area contributed by atoms with Crippen molar-refractivity contribution < 1.29 is 23.9 Å². The molecule has 3 heterocycles. The highest BCUT2D eigenvalue weighted by molar-refractivity contribution is 5.91. The van der Waals surface area contributed by atoms with Crippen LogP contribution in [0.4, 0.5) is 5.82 Å². The zero-order valence-corrected chi connectivity index (χ0v) is 18.6. The van der Waals surface area contributed by atoms with Crippen LogP contribution in [0.2, 0.25) is 0 Å². The van der Waals surface area contributed by atoms with Crippen molar-refractivity contribution in [3.63, 3.8) is 0 Å². The van der Waals surface area contributed by atoms with Crippen molar-refractivity contribution in [1.82, 2.24) is 20.5 Å². The second kappa shape index (κ2) is 10.2. The first-order valence-electron chi connectivity index (χ1n) is 11.6. The van der Waals surface area contributed by atoms with E-state index >= 15 is 0 Å². The summed E-state index contributed by atoms with van der Waals surface area (Å²) in [5, 5.41) is 15.6. The predicted molar refractivity (Wildman–Crippen MR) is 121 cm³/mol. The van der Waals surface area contributed by atoms with Gasteiger partial charge in [-0.2, -0.15) is 0 Å². The summed E-state index contributed by atoms with van der Waals surface area (Å²) in [6, 6.07) is 2.31. The maximum atomic E-state index is 13.5. The number of likely N-dealkylation sites (tertiary alicyclic amines) is 1. The zero-order valence-electron chi connectivity index (χ0n) is 18.6. The number of nitrogen functional groups attached to an aromatic ring is 1. The standard InChI is InChI=1S/C23H31N5O5/c24-21-16-11-15(33-18(16)8-9-25-21)12-27-22(31)17-7-4-10-28(17)23(32)20(26-13-19(29)30)14-5-2-1-3-6-14/h8-9,11,14,17,20,26H,1-7,10,12-13H2,(H2,24,25)(H,27,31)(H,29,30). The summed E-state index contributed by atoms with van der Waals surface area (Å²) >= 11 is 0. The molecule has 0 radical (unpaired) electrons. The number of anilines is 1. The number of carboxylic acids is 1. The fraction of sp³-hybridized carbons (Fsp3) is 0.565. The highest BCUT2D eigenvalue weighted by atomic mass is 16.4. The molecule has 1 saturated carbocycles. The topological polar surface area (TPSA) is 151 Å². The van der Waals surface area contributed by atoms with Crippen molar-refractivity contribution in [1.29, 1.82) is 0 Å². The molecule has 10 nitrogen and oxygen atoms in total. The number of hydrogen-bond donors (Lipinski definition) is 4. The third kappa shape index (κ3) is 5.27. The summed E-state index contributed by atoms with van der Waals surface area (Å²) < 4.78 is 5.73. The number of rotatable bonds is 8. The van der Waals surface area contributed by atoms with Gasteiger partial charge in [-0.1, -0.05) is 19.3 Å². The van der Waals surface area contributed by atoms with Crippen molar-refractivity contribution >= 4 is 34.6 Å². The first kappa shape index (κ1) is 23.0. The van der Waals surface area contributed by atoms with Crippen LogP contribution in [-0.4, -0.2) is 57.9 Å². The molecular weight excluding hydrogens is 426 g/mol. The lowest BCUT2D eigenvalue weighted by atomic mass is 9.83. The molecule has 2 fully saturated rings. The number of amides is 2. The smallest absolute Gasteiger partial charge is 0.317 e. The Labute approximate surface area is 191 Å². The van der Waals surface area contributed by atoms with E-state index in [-0.39, 0.29) is 30.8 Å². The maximum Gasteiger partial charge on any atom is 0.317 e. The van der Waals surface area contributed by atoms with E-state index in [1.807, 2.05) is 0 Å². The van der Waals surface area contributed by atoms with Crippen LogP contribution in [0.25, 0.3) is 11.0 Å². The van der Waals surface area contributed by atoms with E-state index in [0.29, 0.717) is 35.5 Å². The number of hydrogen-bond acceptors (Lipinski definition) is 7. The number of nitrogens with one attached hydrogen (secondary N) is 2. The van der Waals surface area contributed by atoms with Crippen molar-refractivity contribution in [3.8, 4) is 0 Å². The van der Waals surface area contributed by atoms with Gasteiger partial charge in [-0.25, -0.2) is 4.98 Å². The van der Waals surface area contributed by atoms with E-state index in [2.05, 4.69) is 15.6 Å². The predicted octanol–water partition coefficient (Wildman–Crippen LogP) is 1.64. The van der Waals surface area contributed by atoms with Crippen molar-refractivity contribution in [2.24, 2.45) is 5.92 Å². The Morgan fingerprint density at radius 1 is 1.21 bits per heavy atom. The quantitative estimate of drug-likeness (QED) is 0.467. The molecule has 2 unspecified atom stereocenters. The minimum Gasteiger partial charge on any atom is -0.480 e. The van der Waals surface area contributed by atoms with Gasteiger partial charge < -0.3 is 25.5 Å². The van der Waals surface area contributed by atoms with Crippen LogP contribution >= 0.6 is 0 Å². The molecule has 2 aliphatic rings. The second-order valence-corrected chi connectivity index (χ2v) is 8.88. The van der Waals surface area contributed by atoms with Crippen molar-refractivity contribution in [2.45, 2.75) is 63.6 Å². The fourth-order valence-electron chi connectivity index (χ4n) is 5.02. The molecule has 0 spiro atoms. The number of furan rings is 1. The van der Waals surface area contributed by atoms with E-state index in [1.54, 1.807) is 23.2 Å². The number of nitrogens with zero attached hydrogens (tertiary/aromatic N) is 2. The molecule has 1 aliphatic carbocycles. The van der Waals surface area contributed by atoms with Gasteiger partial charge in [-0.15, -0.1) is 0 Å². The molecule has 2 amide bonds. The highest BCUT2D eigenvalue weighted by Gasteiger charge is 2.40. The number of nitrogens with two attached hydrogens (primary N) is 1. The lowest BCUT2D eigenvalue weighted by Crippen LogP contribution is -2.55. The van der Waals surface area contributed by atoms with Gasteiger partial charge in [0.05, 0.1) is 24.5 Å². The summed E-state index contributed by atoms with van der Waals surface area (Å²) in [5.41, 5.74) is 6.47.